The minimum absolute atomic E-state index is 0.245. The summed E-state index contributed by atoms with van der Waals surface area (Å²) in [7, 11) is 0. The van der Waals surface area contributed by atoms with E-state index in [1.54, 1.807) is 18.2 Å². The molecule has 5 rings (SSSR count). The van der Waals surface area contributed by atoms with E-state index in [0.717, 1.165) is 22.5 Å². The minimum atomic E-state index is -0.245. The molecule has 0 aliphatic heterocycles. The Balaban J connectivity index is 1.58. The third kappa shape index (κ3) is 3.10. The summed E-state index contributed by atoms with van der Waals surface area (Å²) in [6.07, 6.45) is 3.38. The fourth-order valence-electron chi connectivity index (χ4n) is 3.37. The van der Waals surface area contributed by atoms with E-state index in [9.17, 15) is 4.79 Å². The first-order chi connectivity index (χ1) is 14.7. The second-order valence-electron chi connectivity index (χ2n) is 6.82. The van der Waals surface area contributed by atoms with Crippen LogP contribution in [-0.2, 0) is 0 Å². The summed E-state index contributed by atoms with van der Waals surface area (Å²) in [5.41, 5.74) is 4.66. The van der Waals surface area contributed by atoms with Crippen LogP contribution in [0.4, 0.5) is 5.82 Å². The number of pyridine rings is 1. The first-order valence-corrected chi connectivity index (χ1v) is 9.38. The van der Waals surface area contributed by atoms with Gasteiger partial charge in [0.15, 0.2) is 0 Å². The van der Waals surface area contributed by atoms with Gasteiger partial charge in [0.25, 0.3) is 5.91 Å². The van der Waals surface area contributed by atoms with Crippen LogP contribution in [0.1, 0.15) is 15.9 Å². The molecule has 5 aromatic rings. The molecule has 0 bridgehead atoms. The van der Waals surface area contributed by atoms with Gasteiger partial charge in [0, 0.05) is 17.3 Å². The number of aromatic nitrogens is 6. The van der Waals surface area contributed by atoms with Gasteiger partial charge < -0.3 is 5.32 Å². The Morgan fingerprint density at radius 2 is 1.87 bits per heavy atom. The van der Waals surface area contributed by atoms with Gasteiger partial charge in [-0.05, 0) is 47.2 Å². The molecule has 0 fully saturated rings. The molecular weight excluding hydrogens is 378 g/mol. The molecule has 0 aliphatic carbocycles. The van der Waals surface area contributed by atoms with Crippen LogP contribution in [0, 0.1) is 6.92 Å². The van der Waals surface area contributed by atoms with Gasteiger partial charge in [-0.1, -0.05) is 42.5 Å². The topological polar surface area (TPSA) is 90.0 Å². The van der Waals surface area contributed by atoms with Gasteiger partial charge >= 0.3 is 0 Å². The summed E-state index contributed by atoms with van der Waals surface area (Å²) in [4.78, 5) is 17.9. The Morgan fingerprint density at radius 1 is 1.00 bits per heavy atom. The summed E-state index contributed by atoms with van der Waals surface area (Å²) >= 11 is 0. The largest absolute Gasteiger partial charge is 0.306 e. The molecule has 8 nitrogen and oxygen atoms in total. The number of amides is 1. The van der Waals surface area contributed by atoms with E-state index in [-0.39, 0.29) is 5.91 Å². The zero-order valence-electron chi connectivity index (χ0n) is 16.1. The third-order valence-corrected chi connectivity index (χ3v) is 4.85. The quantitative estimate of drug-likeness (QED) is 0.503. The third-order valence-electron chi connectivity index (χ3n) is 4.85. The van der Waals surface area contributed by atoms with Crippen molar-refractivity contribution in [2.45, 2.75) is 6.92 Å². The molecule has 0 radical (unpaired) electrons. The molecule has 3 heterocycles. The van der Waals surface area contributed by atoms with E-state index in [1.165, 1.54) is 11.0 Å². The highest BCUT2D eigenvalue weighted by molar-refractivity contribution is 6.06. The summed E-state index contributed by atoms with van der Waals surface area (Å²) in [6, 6.07) is 20.9. The van der Waals surface area contributed by atoms with Crippen LogP contribution in [0.2, 0.25) is 0 Å². The van der Waals surface area contributed by atoms with Gasteiger partial charge in [0.05, 0.1) is 5.69 Å². The lowest BCUT2D eigenvalue weighted by molar-refractivity contribution is 0.102. The molecule has 0 aliphatic rings. The van der Waals surface area contributed by atoms with Gasteiger partial charge in [0.1, 0.15) is 23.5 Å². The summed E-state index contributed by atoms with van der Waals surface area (Å²) < 4.78 is 3.41. The van der Waals surface area contributed by atoms with Crippen molar-refractivity contribution >= 4 is 17.4 Å². The van der Waals surface area contributed by atoms with Gasteiger partial charge in [0.2, 0.25) is 0 Å². The van der Waals surface area contributed by atoms with E-state index in [0.29, 0.717) is 17.1 Å². The zero-order chi connectivity index (χ0) is 20.5. The second kappa shape index (κ2) is 7.25. The van der Waals surface area contributed by atoms with E-state index in [1.807, 2.05) is 66.1 Å². The van der Waals surface area contributed by atoms with Crippen molar-refractivity contribution in [3.05, 3.63) is 90.4 Å². The molecule has 1 amide bonds. The van der Waals surface area contributed by atoms with Gasteiger partial charge in [-0.3, -0.25) is 9.20 Å². The van der Waals surface area contributed by atoms with E-state index < -0.39 is 0 Å². The predicted octanol–water partition coefficient (Wildman–Crippen LogP) is 3.54. The number of imidazole rings is 1. The summed E-state index contributed by atoms with van der Waals surface area (Å²) in [5.74, 6) is 0.378. The number of hydrogen-bond acceptors (Lipinski definition) is 5. The minimum Gasteiger partial charge on any atom is -0.306 e. The van der Waals surface area contributed by atoms with E-state index in [4.69, 9.17) is 4.98 Å². The van der Waals surface area contributed by atoms with Crippen LogP contribution in [0.25, 0.3) is 22.6 Å². The maximum Gasteiger partial charge on any atom is 0.256 e. The Labute approximate surface area is 171 Å². The molecule has 0 spiro atoms. The second-order valence-corrected chi connectivity index (χ2v) is 6.82. The van der Waals surface area contributed by atoms with Crippen LogP contribution in [0.3, 0.4) is 0 Å². The maximum absolute atomic E-state index is 13.1. The number of rotatable bonds is 4. The first-order valence-electron chi connectivity index (χ1n) is 9.38. The van der Waals surface area contributed by atoms with Gasteiger partial charge in [-0.25, -0.2) is 9.67 Å². The Morgan fingerprint density at radius 3 is 2.67 bits per heavy atom. The number of benzene rings is 2. The molecular formula is C22H17N7O. The average Bonchev–Trinajstić information content (AvgIpc) is 3.44. The number of carbonyl (C=O) groups excluding carboxylic acids is 1. The van der Waals surface area contributed by atoms with E-state index in [2.05, 4.69) is 20.8 Å². The highest BCUT2D eigenvalue weighted by Crippen LogP contribution is 2.30. The lowest BCUT2D eigenvalue weighted by atomic mass is 10.1. The number of nitrogens with zero attached hydrogens (tertiary/aromatic N) is 6. The fourth-order valence-corrected chi connectivity index (χ4v) is 3.37. The molecule has 146 valence electrons. The number of fused-ring (bicyclic) bond motifs is 1. The van der Waals surface area contributed by atoms with Crippen LogP contribution in [0.15, 0.2) is 79.3 Å². The molecule has 0 atom stereocenters. The van der Waals surface area contributed by atoms with Crippen LogP contribution in [0.5, 0.6) is 0 Å². The molecule has 3 aromatic heterocycles. The lowest BCUT2D eigenvalue weighted by Gasteiger charge is -2.09. The van der Waals surface area contributed by atoms with E-state index >= 15 is 0 Å². The van der Waals surface area contributed by atoms with Crippen LogP contribution in [-0.4, -0.2) is 35.5 Å². The number of carbonyl (C=O) groups is 1. The van der Waals surface area contributed by atoms with Crippen molar-refractivity contribution in [2.75, 3.05) is 5.32 Å². The highest BCUT2D eigenvalue weighted by Gasteiger charge is 2.18. The first kappa shape index (κ1) is 17.7. The van der Waals surface area contributed by atoms with Crippen molar-refractivity contribution in [3.8, 4) is 16.9 Å². The molecule has 30 heavy (non-hydrogen) atoms. The summed E-state index contributed by atoms with van der Waals surface area (Å²) in [5, 5.41) is 14.2. The fraction of sp³-hybridized carbons (Fsp3) is 0.0455. The van der Waals surface area contributed by atoms with Gasteiger partial charge in [-0.15, -0.1) is 5.10 Å². The molecule has 2 aromatic carbocycles. The Hall–Kier alpha value is -4.33. The normalized spacial score (nSPS) is 11.0. The highest BCUT2D eigenvalue weighted by atomic mass is 16.1. The van der Waals surface area contributed by atoms with Crippen LogP contribution < -0.4 is 5.32 Å². The number of anilines is 1. The monoisotopic (exact) mass is 395 g/mol. The maximum atomic E-state index is 13.1. The van der Waals surface area contributed by atoms with Crippen molar-refractivity contribution < 1.29 is 4.79 Å². The number of nitrogens with one attached hydrogen (secondary N) is 1. The number of hydrogen-bond donors (Lipinski definition) is 1. The van der Waals surface area contributed by atoms with Crippen molar-refractivity contribution in [1.29, 1.82) is 0 Å². The number of aryl methyl sites for hydroxylation is 1. The smallest absolute Gasteiger partial charge is 0.256 e. The molecule has 8 heteroatoms. The SMILES string of the molecule is Cc1cccn2c(NC(=O)c3cccc(-n4cnnn4)c3)c(-c3ccccc3)nc12. The number of tetrazole rings is 1. The molecule has 1 N–H and O–H groups in total. The summed E-state index contributed by atoms with van der Waals surface area (Å²) in [6.45, 7) is 2.00. The van der Waals surface area contributed by atoms with Crippen molar-refractivity contribution in [3.63, 3.8) is 0 Å². The van der Waals surface area contributed by atoms with Gasteiger partial charge in [-0.2, -0.15) is 0 Å². The average molecular weight is 395 g/mol. The molecule has 0 saturated heterocycles. The predicted molar refractivity (Wildman–Crippen MR) is 112 cm³/mol. The van der Waals surface area contributed by atoms with Crippen molar-refractivity contribution in [2.24, 2.45) is 0 Å². The molecule has 0 saturated carbocycles. The Kier molecular flexibility index (Phi) is 4.29. The van der Waals surface area contributed by atoms with Crippen LogP contribution >= 0.6 is 0 Å². The van der Waals surface area contributed by atoms with Crippen molar-refractivity contribution in [1.82, 2.24) is 29.6 Å². The zero-order valence-corrected chi connectivity index (χ0v) is 16.1. The lowest BCUT2D eigenvalue weighted by Crippen LogP contribution is -2.14. The standard InChI is InChI=1S/C22H17N7O/c1-15-7-6-12-28-20(15)24-19(16-8-3-2-4-9-16)21(28)25-22(30)17-10-5-11-18(13-17)29-14-23-26-27-29/h2-14H,1H3,(H,25,30). The molecule has 0 unspecified atom stereocenters. The Bertz CT molecular complexity index is 1340.